The topological polar surface area (TPSA) is 63.0 Å². The Kier molecular flexibility index (Phi) is 4.55. The fourth-order valence-electron chi connectivity index (χ4n) is 2.71. The Balaban J connectivity index is 1.65. The maximum absolute atomic E-state index is 12.4. The minimum atomic E-state index is -0.546. The van der Waals surface area contributed by atoms with Crippen molar-refractivity contribution in [3.05, 3.63) is 48.4 Å². The third-order valence-corrected chi connectivity index (χ3v) is 4.02. The first-order valence-electron chi connectivity index (χ1n) is 7.89. The number of para-hydroxylation sites is 2. The number of nitrogens with zero attached hydrogens (tertiary/aromatic N) is 2. The number of carbonyl (C=O) groups excluding carboxylic acids is 2. The molecule has 0 aliphatic carbocycles. The zero-order valence-electron chi connectivity index (χ0n) is 13.8. The van der Waals surface area contributed by atoms with Gasteiger partial charge in [0.1, 0.15) is 11.5 Å². The molecule has 3 rings (SSSR count). The first kappa shape index (κ1) is 16.1. The lowest BCUT2D eigenvalue weighted by atomic mass is 10.1. The maximum atomic E-state index is 12.4. The highest BCUT2D eigenvalue weighted by molar-refractivity contribution is 6.00. The summed E-state index contributed by atoms with van der Waals surface area (Å²) in [5.74, 6) is 1.22. The van der Waals surface area contributed by atoms with Crippen LogP contribution in [0.5, 0.6) is 5.75 Å². The highest BCUT2D eigenvalue weighted by Gasteiger charge is 2.31. The minimum Gasteiger partial charge on any atom is -0.479 e. The van der Waals surface area contributed by atoms with Crippen LogP contribution in [0.3, 0.4) is 0 Å². The Morgan fingerprint density at radius 1 is 1.25 bits per heavy atom. The fourth-order valence-corrected chi connectivity index (χ4v) is 2.71. The molecule has 0 radical (unpaired) electrons. The number of fused-ring (bicyclic) bond motifs is 1. The average molecular weight is 328 g/mol. The summed E-state index contributed by atoms with van der Waals surface area (Å²) < 4.78 is 10.9. The van der Waals surface area contributed by atoms with E-state index in [0.717, 1.165) is 5.76 Å². The van der Waals surface area contributed by atoms with Gasteiger partial charge in [0.15, 0.2) is 6.10 Å². The van der Waals surface area contributed by atoms with Gasteiger partial charge in [0.05, 0.1) is 18.5 Å². The molecule has 0 bridgehead atoms. The molecule has 126 valence electrons. The number of hydrogen-bond donors (Lipinski definition) is 0. The van der Waals surface area contributed by atoms with Crippen LogP contribution in [-0.4, -0.2) is 36.4 Å². The normalized spacial score (nSPS) is 16.5. The average Bonchev–Trinajstić information content (AvgIpc) is 3.08. The van der Waals surface area contributed by atoms with E-state index in [1.54, 1.807) is 36.1 Å². The monoisotopic (exact) mass is 328 g/mol. The first-order valence-corrected chi connectivity index (χ1v) is 7.89. The molecule has 0 saturated heterocycles. The van der Waals surface area contributed by atoms with E-state index in [4.69, 9.17) is 9.15 Å². The van der Waals surface area contributed by atoms with Gasteiger partial charge in [-0.2, -0.15) is 0 Å². The van der Waals surface area contributed by atoms with Crippen LogP contribution in [0, 0.1) is 0 Å². The lowest BCUT2D eigenvalue weighted by molar-refractivity contribution is -0.130. The van der Waals surface area contributed by atoms with Crippen LogP contribution < -0.4 is 9.64 Å². The molecule has 2 amide bonds. The standard InChI is InChI=1S/C18H20N2O4/c1-13-18(22)20(15-7-3-4-8-16(15)24-13)10-9-17(21)19(2)12-14-6-5-11-23-14/h3-8,11,13H,9-10,12H2,1-2H3/t13-/m1/s1. The van der Waals surface area contributed by atoms with E-state index < -0.39 is 6.10 Å². The van der Waals surface area contributed by atoms with Crippen LogP contribution in [-0.2, 0) is 16.1 Å². The van der Waals surface area contributed by atoms with E-state index in [1.165, 1.54) is 0 Å². The van der Waals surface area contributed by atoms with Gasteiger partial charge in [-0.15, -0.1) is 0 Å². The Morgan fingerprint density at radius 2 is 2.04 bits per heavy atom. The molecule has 6 heteroatoms. The molecule has 1 aromatic heterocycles. The lowest BCUT2D eigenvalue weighted by Crippen LogP contribution is -2.45. The summed E-state index contributed by atoms with van der Waals surface area (Å²) in [5, 5.41) is 0. The number of ether oxygens (including phenoxy) is 1. The highest BCUT2D eigenvalue weighted by atomic mass is 16.5. The van der Waals surface area contributed by atoms with Crippen molar-refractivity contribution in [2.45, 2.75) is 26.0 Å². The van der Waals surface area contributed by atoms with Gasteiger partial charge in [0, 0.05) is 20.0 Å². The Labute approximate surface area is 140 Å². The summed E-state index contributed by atoms with van der Waals surface area (Å²) in [6, 6.07) is 11.0. The molecule has 1 aliphatic heterocycles. The van der Waals surface area contributed by atoms with E-state index in [9.17, 15) is 9.59 Å². The fraction of sp³-hybridized carbons (Fsp3) is 0.333. The number of benzene rings is 1. The second-order valence-electron chi connectivity index (χ2n) is 5.80. The molecule has 0 saturated carbocycles. The van der Waals surface area contributed by atoms with Crippen molar-refractivity contribution in [3.63, 3.8) is 0 Å². The third kappa shape index (κ3) is 3.27. The van der Waals surface area contributed by atoms with Gasteiger partial charge in [-0.3, -0.25) is 9.59 Å². The van der Waals surface area contributed by atoms with Gasteiger partial charge in [0.2, 0.25) is 5.91 Å². The zero-order valence-corrected chi connectivity index (χ0v) is 13.8. The minimum absolute atomic E-state index is 0.0455. The number of rotatable bonds is 5. The van der Waals surface area contributed by atoms with Gasteiger partial charge in [-0.05, 0) is 31.2 Å². The molecular formula is C18H20N2O4. The van der Waals surface area contributed by atoms with E-state index >= 15 is 0 Å². The SMILES string of the molecule is C[C@H]1Oc2ccccc2N(CCC(=O)N(C)Cc2ccco2)C1=O. The van der Waals surface area contributed by atoms with Crippen molar-refractivity contribution in [2.24, 2.45) is 0 Å². The van der Waals surface area contributed by atoms with E-state index in [0.29, 0.717) is 24.5 Å². The number of amides is 2. The number of anilines is 1. The molecule has 0 N–H and O–H groups in total. The molecule has 2 aromatic rings. The van der Waals surface area contributed by atoms with Crippen molar-refractivity contribution < 1.29 is 18.7 Å². The molecule has 6 nitrogen and oxygen atoms in total. The molecule has 2 heterocycles. The molecule has 1 aromatic carbocycles. The van der Waals surface area contributed by atoms with Crippen LogP contribution in [0.25, 0.3) is 0 Å². The van der Waals surface area contributed by atoms with Gasteiger partial charge < -0.3 is 19.0 Å². The van der Waals surface area contributed by atoms with Crippen molar-refractivity contribution in [1.82, 2.24) is 4.90 Å². The van der Waals surface area contributed by atoms with Gasteiger partial charge >= 0.3 is 0 Å². The predicted octanol–water partition coefficient (Wildman–Crippen LogP) is 2.44. The van der Waals surface area contributed by atoms with Crippen LogP contribution >= 0.6 is 0 Å². The molecule has 0 unspecified atom stereocenters. The second kappa shape index (κ2) is 6.78. The Morgan fingerprint density at radius 3 is 2.79 bits per heavy atom. The quantitative estimate of drug-likeness (QED) is 0.846. The smallest absolute Gasteiger partial charge is 0.267 e. The number of hydrogen-bond acceptors (Lipinski definition) is 4. The lowest BCUT2D eigenvalue weighted by Gasteiger charge is -2.33. The van der Waals surface area contributed by atoms with Crippen LogP contribution in [0.4, 0.5) is 5.69 Å². The number of furan rings is 1. The summed E-state index contributed by atoms with van der Waals surface area (Å²) in [7, 11) is 1.72. The van der Waals surface area contributed by atoms with Crippen molar-refractivity contribution >= 4 is 17.5 Å². The first-order chi connectivity index (χ1) is 11.6. The van der Waals surface area contributed by atoms with Gasteiger partial charge in [-0.1, -0.05) is 12.1 Å². The Bertz CT molecular complexity index is 726. The summed E-state index contributed by atoms with van der Waals surface area (Å²) in [5.41, 5.74) is 0.710. The van der Waals surface area contributed by atoms with Crippen molar-refractivity contribution in [3.8, 4) is 5.75 Å². The maximum Gasteiger partial charge on any atom is 0.267 e. The summed E-state index contributed by atoms with van der Waals surface area (Å²) >= 11 is 0. The van der Waals surface area contributed by atoms with Crippen LogP contribution in [0.1, 0.15) is 19.1 Å². The van der Waals surface area contributed by atoms with Crippen LogP contribution in [0.15, 0.2) is 47.1 Å². The summed E-state index contributed by atoms with van der Waals surface area (Å²) in [6.45, 7) is 2.46. The predicted molar refractivity (Wildman–Crippen MR) is 88.7 cm³/mol. The summed E-state index contributed by atoms with van der Waals surface area (Å²) in [6.07, 6.45) is 1.28. The largest absolute Gasteiger partial charge is 0.479 e. The van der Waals surface area contributed by atoms with E-state index in [2.05, 4.69) is 0 Å². The molecule has 24 heavy (non-hydrogen) atoms. The molecule has 0 spiro atoms. The molecule has 1 aliphatic rings. The van der Waals surface area contributed by atoms with E-state index in [-0.39, 0.29) is 18.2 Å². The van der Waals surface area contributed by atoms with Gasteiger partial charge in [0.25, 0.3) is 5.91 Å². The molecule has 1 atom stereocenters. The van der Waals surface area contributed by atoms with Crippen molar-refractivity contribution in [2.75, 3.05) is 18.5 Å². The second-order valence-corrected chi connectivity index (χ2v) is 5.80. The summed E-state index contributed by atoms with van der Waals surface area (Å²) in [4.78, 5) is 27.9. The van der Waals surface area contributed by atoms with E-state index in [1.807, 2.05) is 30.3 Å². The third-order valence-electron chi connectivity index (χ3n) is 4.02. The van der Waals surface area contributed by atoms with Crippen LogP contribution in [0.2, 0.25) is 0 Å². The molecule has 0 fully saturated rings. The van der Waals surface area contributed by atoms with Crippen molar-refractivity contribution in [1.29, 1.82) is 0 Å². The highest BCUT2D eigenvalue weighted by Crippen LogP contribution is 2.33. The zero-order chi connectivity index (χ0) is 17.1. The Hall–Kier alpha value is -2.76. The number of carbonyl (C=O) groups is 2. The van der Waals surface area contributed by atoms with Gasteiger partial charge in [-0.25, -0.2) is 0 Å². The molecular weight excluding hydrogens is 308 g/mol.